The second-order valence-corrected chi connectivity index (χ2v) is 3.94. The smallest absolute Gasteiger partial charge is 0.259 e. The summed E-state index contributed by atoms with van der Waals surface area (Å²) in [5, 5.41) is 0. The van der Waals surface area contributed by atoms with Gasteiger partial charge in [0, 0.05) is 44.4 Å². The van der Waals surface area contributed by atoms with Crippen molar-refractivity contribution >= 4 is 5.91 Å². The standard InChI is InChI=1S/C13H13N3O2/c1-16(9-10-2-5-14-6-3-10)13(18)11-8-15-7-4-12(11)17/h2-8H,9H2,1H3,(H,15,17). The number of amides is 1. The van der Waals surface area contributed by atoms with E-state index in [-0.39, 0.29) is 16.9 Å². The Hall–Kier alpha value is -2.43. The monoisotopic (exact) mass is 243 g/mol. The summed E-state index contributed by atoms with van der Waals surface area (Å²) in [4.78, 5) is 31.8. The molecule has 5 nitrogen and oxygen atoms in total. The molecule has 0 atom stereocenters. The second kappa shape index (κ2) is 5.27. The molecular formula is C13H13N3O2. The number of hydrogen-bond donors (Lipinski definition) is 1. The Morgan fingerprint density at radius 3 is 2.72 bits per heavy atom. The highest BCUT2D eigenvalue weighted by Crippen LogP contribution is 2.04. The number of aromatic nitrogens is 2. The predicted octanol–water partition coefficient (Wildman–Crippen LogP) is 1.04. The Morgan fingerprint density at radius 2 is 2.06 bits per heavy atom. The molecule has 0 aliphatic rings. The maximum absolute atomic E-state index is 12.1. The van der Waals surface area contributed by atoms with Crippen LogP contribution in [0.1, 0.15) is 15.9 Å². The van der Waals surface area contributed by atoms with Gasteiger partial charge >= 0.3 is 0 Å². The molecule has 0 radical (unpaired) electrons. The first-order chi connectivity index (χ1) is 8.68. The molecule has 0 aliphatic carbocycles. The lowest BCUT2D eigenvalue weighted by Crippen LogP contribution is -2.30. The highest BCUT2D eigenvalue weighted by atomic mass is 16.2. The SMILES string of the molecule is CN(Cc1ccncc1)C(=O)c1c[nH]ccc1=O. The molecule has 2 aromatic rings. The van der Waals surface area contributed by atoms with Gasteiger partial charge in [-0.15, -0.1) is 0 Å². The van der Waals surface area contributed by atoms with Gasteiger partial charge in [-0.25, -0.2) is 0 Å². The maximum Gasteiger partial charge on any atom is 0.259 e. The Bertz CT molecular complexity index is 592. The van der Waals surface area contributed by atoms with Crippen LogP contribution in [-0.2, 0) is 6.54 Å². The number of aromatic amines is 1. The van der Waals surface area contributed by atoms with Crippen molar-refractivity contribution in [1.29, 1.82) is 0 Å². The second-order valence-electron chi connectivity index (χ2n) is 3.94. The van der Waals surface area contributed by atoms with Crippen LogP contribution in [0.5, 0.6) is 0 Å². The zero-order valence-electron chi connectivity index (χ0n) is 9.96. The lowest BCUT2D eigenvalue weighted by Gasteiger charge is -2.16. The minimum atomic E-state index is -0.298. The van der Waals surface area contributed by atoms with Gasteiger partial charge in [-0.3, -0.25) is 14.6 Å². The van der Waals surface area contributed by atoms with Crippen LogP contribution in [0.15, 0.2) is 47.8 Å². The molecule has 0 spiro atoms. The van der Waals surface area contributed by atoms with Gasteiger partial charge in [0.15, 0.2) is 5.43 Å². The molecule has 2 heterocycles. The first kappa shape index (κ1) is 12.0. The molecule has 2 rings (SSSR count). The van der Waals surface area contributed by atoms with Gasteiger partial charge in [0.25, 0.3) is 5.91 Å². The summed E-state index contributed by atoms with van der Waals surface area (Å²) >= 11 is 0. The third-order valence-corrected chi connectivity index (χ3v) is 2.57. The van der Waals surface area contributed by atoms with Crippen molar-refractivity contribution in [3.8, 4) is 0 Å². The minimum Gasteiger partial charge on any atom is -0.367 e. The molecule has 0 saturated heterocycles. The molecule has 92 valence electrons. The number of carbonyl (C=O) groups is 1. The summed E-state index contributed by atoms with van der Waals surface area (Å²) in [6.07, 6.45) is 6.27. The summed E-state index contributed by atoms with van der Waals surface area (Å²) in [5.41, 5.74) is 0.836. The Morgan fingerprint density at radius 1 is 1.33 bits per heavy atom. The molecule has 0 aromatic carbocycles. The topological polar surface area (TPSA) is 66.1 Å². The van der Waals surface area contributed by atoms with Gasteiger partial charge in [0.1, 0.15) is 5.56 Å². The molecule has 18 heavy (non-hydrogen) atoms. The molecule has 0 saturated carbocycles. The molecule has 1 N–H and O–H groups in total. The van der Waals surface area contributed by atoms with E-state index in [1.807, 2.05) is 12.1 Å². The quantitative estimate of drug-likeness (QED) is 0.876. The van der Waals surface area contributed by atoms with E-state index < -0.39 is 0 Å². The van der Waals surface area contributed by atoms with E-state index in [2.05, 4.69) is 9.97 Å². The van der Waals surface area contributed by atoms with Gasteiger partial charge < -0.3 is 9.88 Å². The first-order valence-electron chi connectivity index (χ1n) is 5.50. The highest BCUT2D eigenvalue weighted by molar-refractivity contribution is 5.93. The number of H-pyrrole nitrogens is 1. The van der Waals surface area contributed by atoms with Crippen molar-refractivity contribution in [3.63, 3.8) is 0 Å². The van der Waals surface area contributed by atoms with Crippen molar-refractivity contribution in [2.45, 2.75) is 6.54 Å². The lowest BCUT2D eigenvalue weighted by molar-refractivity contribution is 0.0783. The van der Waals surface area contributed by atoms with Crippen LogP contribution >= 0.6 is 0 Å². The van der Waals surface area contributed by atoms with Crippen molar-refractivity contribution in [2.24, 2.45) is 0 Å². The molecule has 0 unspecified atom stereocenters. The van der Waals surface area contributed by atoms with Crippen LogP contribution in [0.2, 0.25) is 0 Å². The minimum absolute atomic E-state index is 0.147. The molecule has 5 heteroatoms. The van der Waals surface area contributed by atoms with Gasteiger partial charge in [-0.05, 0) is 17.7 Å². The number of rotatable bonds is 3. The Labute approximate surface area is 104 Å². The summed E-state index contributed by atoms with van der Waals surface area (Å²) in [6, 6.07) is 5.01. The van der Waals surface area contributed by atoms with E-state index >= 15 is 0 Å². The fraction of sp³-hybridized carbons (Fsp3) is 0.154. The zero-order valence-corrected chi connectivity index (χ0v) is 9.96. The Balaban J connectivity index is 2.15. The number of nitrogens with one attached hydrogen (secondary N) is 1. The van der Waals surface area contributed by atoms with Crippen LogP contribution in [-0.4, -0.2) is 27.8 Å². The van der Waals surface area contributed by atoms with E-state index in [0.29, 0.717) is 6.54 Å². The first-order valence-corrected chi connectivity index (χ1v) is 5.50. The zero-order chi connectivity index (χ0) is 13.0. The fourth-order valence-electron chi connectivity index (χ4n) is 1.62. The van der Waals surface area contributed by atoms with E-state index in [1.165, 1.54) is 23.4 Å². The van der Waals surface area contributed by atoms with Crippen LogP contribution in [0.4, 0.5) is 0 Å². The average Bonchev–Trinajstić information content (AvgIpc) is 2.39. The third kappa shape index (κ3) is 2.63. The number of pyridine rings is 2. The van der Waals surface area contributed by atoms with Gasteiger partial charge in [0.2, 0.25) is 0 Å². The van der Waals surface area contributed by atoms with Gasteiger partial charge in [-0.1, -0.05) is 0 Å². The fourth-order valence-corrected chi connectivity index (χ4v) is 1.62. The van der Waals surface area contributed by atoms with Crippen LogP contribution < -0.4 is 5.43 Å². The number of carbonyl (C=O) groups excluding carboxylic acids is 1. The van der Waals surface area contributed by atoms with Crippen LogP contribution in [0.3, 0.4) is 0 Å². The van der Waals surface area contributed by atoms with Crippen LogP contribution in [0, 0.1) is 0 Å². The van der Waals surface area contributed by atoms with Crippen molar-refractivity contribution in [1.82, 2.24) is 14.9 Å². The van der Waals surface area contributed by atoms with E-state index in [1.54, 1.807) is 19.4 Å². The number of nitrogens with zero attached hydrogens (tertiary/aromatic N) is 2. The van der Waals surface area contributed by atoms with Gasteiger partial charge in [0.05, 0.1) is 0 Å². The highest BCUT2D eigenvalue weighted by Gasteiger charge is 2.14. The average molecular weight is 243 g/mol. The summed E-state index contributed by atoms with van der Waals surface area (Å²) in [6.45, 7) is 0.440. The third-order valence-electron chi connectivity index (χ3n) is 2.57. The lowest BCUT2D eigenvalue weighted by atomic mass is 10.2. The molecule has 2 aromatic heterocycles. The van der Waals surface area contributed by atoms with Crippen molar-refractivity contribution in [3.05, 3.63) is 64.3 Å². The van der Waals surface area contributed by atoms with E-state index in [9.17, 15) is 9.59 Å². The predicted molar refractivity (Wildman–Crippen MR) is 67.1 cm³/mol. The molecule has 1 amide bonds. The van der Waals surface area contributed by atoms with Gasteiger partial charge in [-0.2, -0.15) is 0 Å². The Kier molecular flexibility index (Phi) is 3.52. The maximum atomic E-state index is 12.1. The largest absolute Gasteiger partial charge is 0.367 e. The molecule has 0 fully saturated rings. The van der Waals surface area contributed by atoms with Crippen molar-refractivity contribution in [2.75, 3.05) is 7.05 Å². The number of hydrogen-bond acceptors (Lipinski definition) is 3. The van der Waals surface area contributed by atoms with Crippen molar-refractivity contribution < 1.29 is 4.79 Å². The summed E-state index contributed by atoms with van der Waals surface area (Å²) < 4.78 is 0. The molecule has 0 bridgehead atoms. The normalized spacial score (nSPS) is 10.1. The van der Waals surface area contributed by atoms with Crippen LogP contribution in [0.25, 0.3) is 0 Å². The molecule has 0 aliphatic heterocycles. The summed E-state index contributed by atoms with van der Waals surface area (Å²) in [7, 11) is 1.66. The summed E-state index contributed by atoms with van der Waals surface area (Å²) in [5.74, 6) is -0.298. The van der Waals surface area contributed by atoms with E-state index in [4.69, 9.17) is 0 Å². The molecular weight excluding hydrogens is 230 g/mol. The van der Waals surface area contributed by atoms with E-state index in [0.717, 1.165) is 5.56 Å².